The molecule has 0 fully saturated rings. The first kappa shape index (κ1) is 23.6. The van der Waals surface area contributed by atoms with E-state index in [0.29, 0.717) is 16.6 Å². The van der Waals surface area contributed by atoms with Crippen LogP contribution in [0.1, 0.15) is 15.9 Å². The monoisotopic (exact) mass is 506 g/mol. The zero-order chi connectivity index (χ0) is 22.8. The smallest absolute Gasteiger partial charge is 0.269 e. The summed E-state index contributed by atoms with van der Waals surface area (Å²) in [6, 6.07) is 12.9. The Morgan fingerprint density at radius 3 is 2.39 bits per heavy atom. The first-order valence-corrected chi connectivity index (χ1v) is 11.6. The molecule has 3 N–H and O–H groups in total. The van der Waals surface area contributed by atoms with Crippen LogP contribution in [0.3, 0.4) is 0 Å². The maximum absolute atomic E-state index is 12.6. The lowest BCUT2D eigenvalue weighted by Crippen LogP contribution is -2.95. The number of nitrogens with zero attached hydrogens (tertiary/aromatic N) is 1. The predicted octanol–water partition coefficient (Wildman–Crippen LogP) is 1.42. The van der Waals surface area contributed by atoms with E-state index < -0.39 is 38.3 Å². The molecule has 0 aliphatic carbocycles. The first-order chi connectivity index (χ1) is 14.5. The number of nitrogens with one attached hydrogen (secondary N) is 1. The normalized spacial score (nSPS) is 16.0. The van der Waals surface area contributed by atoms with Gasteiger partial charge in [0.1, 0.15) is 23.7 Å². The number of rotatable bonds is 7. The molecular formula is C19H19Cl3N3O5S+. The highest BCUT2D eigenvalue weighted by molar-refractivity contribution is 7.90. The zero-order valence-corrected chi connectivity index (χ0v) is 19.3. The third-order valence-corrected chi connectivity index (χ3v) is 7.11. The Labute approximate surface area is 194 Å². The summed E-state index contributed by atoms with van der Waals surface area (Å²) in [5.74, 6) is -0.877. The molecule has 166 valence electrons. The van der Waals surface area contributed by atoms with Gasteiger partial charge in [0.05, 0.1) is 12.7 Å². The molecule has 1 heterocycles. The molecule has 3 rings (SSSR count). The summed E-state index contributed by atoms with van der Waals surface area (Å²) in [5.41, 5.74) is 0.890. The summed E-state index contributed by atoms with van der Waals surface area (Å²) in [4.78, 5) is 24.9. The highest BCUT2D eigenvalue weighted by atomic mass is 35.6. The Morgan fingerprint density at radius 1 is 1.16 bits per heavy atom. The SMILES string of the molecule is COc1ccc(C[NH2+]C(NC(=O)CN2C(=O)c3ccccc3S2(=O)=O)C(Cl)(Cl)Cl)cc1. The van der Waals surface area contributed by atoms with Crippen molar-refractivity contribution in [2.45, 2.75) is 21.4 Å². The van der Waals surface area contributed by atoms with Gasteiger partial charge in [-0.2, -0.15) is 0 Å². The number of halogens is 3. The van der Waals surface area contributed by atoms with E-state index in [9.17, 15) is 18.0 Å². The molecule has 8 nitrogen and oxygen atoms in total. The Morgan fingerprint density at radius 2 is 1.81 bits per heavy atom. The number of methoxy groups -OCH3 is 1. The van der Waals surface area contributed by atoms with E-state index in [4.69, 9.17) is 39.5 Å². The maximum Gasteiger partial charge on any atom is 0.269 e. The molecule has 0 radical (unpaired) electrons. The molecule has 2 aromatic rings. The molecule has 1 unspecified atom stereocenters. The van der Waals surface area contributed by atoms with Gasteiger partial charge in [-0.05, 0) is 36.4 Å². The molecule has 2 aromatic carbocycles. The quantitative estimate of drug-likeness (QED) is 0.435. The van der Waals surface area contributed by atoms with Crippen LogP contribution in [-0.4, -0.2) is 48.2 Å². The van der Waals surface area contributed by atoms with Crippen LogP contribution < -0.4 is 15.4 Å². The van der Waals surface area contributed by atoms with Crippen molar-refractivity contribution in [2.24, 2.45) is 0 Å². The molecule has 0 saturated carbocycles. The fourth-order valence-electron chi connectivity index (χ4n) is 3.03. The fourth-order valence-corrected chi connectivity index (χ4v) is 4.98. The minimum Gasteiger partial charge on any atom is -0.497 e. The van der Waals surface area contributed by atoms with Gasteiger partial charge in [-0.25, -0.2) is 12.7 Å². The zero-order valence-electron chi connectivity index (χ0n) is 16.2. The molecule has 1 aliphatic heterocycles. The Hall–Kier alpha value is -2.04. The van der Waals surface area contributed by atoms with Gasteiger partial charge < -0.3 is 15.4 Å². The van der Waals surface area contributed by atoms with Crippen molar-refractivity contribution in [3.8, 4) is 5.75 Å². The molecule has 2 amide bonds. The average Bonchev–Trinajstić information content (AvgIpc) is 2.91. The highest BCUT2D eigenvalue weighted by Crippen LogP contribution is 2.30. The van der Waals surface area contributed by atoms with Gasteiger partial charge in [0, 0.05) is 5.56 Å². The van der Waals surface area contributed by atoms with Crippen LogP contribution >= 0.6 is 34.8 Å². The summed E-state index contributed by atoms with van der Waals surface area (Å²) in [5, 5.41) is 4.07. The van der Waals surface area contributed by atoms with E-state index in [1.165, 1.54) is 18.2 Å². The lowest BCUT2D eigenvalue weighted by atomic mass is 10.2. The number of ether oxygens (including phenoxy) is 1. The average molecular weight is 508 g/mol. The van der Waals surface area contributed by atoms with Gasteiger partial charge in [-0.15, -0.1) is 0 Å². The van der Waals surface area contributed by atoms with Crippen molar-refractivity contribution in [1.29, 1.82) is 0 Å². The molecule has 1 aliphatic rings. The lowest BCUT2D eigenvalue weighted by molar-refractivity contribution is -0.707. The van der Waals surface area contributed by atoms with Crippen LogP contribution in [0.5, 0.6) is 5.75 Å². The summed E-state index contributed by atoms with van der Waals surface area (Å²) >= 11 is 18.0. The minimum atomic E-state index is -4.12. The number of quaternary nitrogens is 1. The van der Waals surface area contributed by atoms with Crippen molar-refractivity contribution in [2.75, 3.05) is 13.7 Å². The van der Waals surface area contributed by atoms with E-state index in [0.717, 1.165) is 5.56 Å². The minimum absolute atomic E-state index is 0.0132. The van der Waals surface area contributed by atoms with Crippen LogP contribution in [0.2, 0.25) is 0 Å². The van der Waals surface area contributed by atoms with Gasteiger partial charge in [-0.1, -0.05) is 46.9 Å². The van der Waals surface area contributed by atoms with Crippen molar-refractivity contribution in [3.05, 3.63) is 59.7 Å². The second kappa shape index (κ2) is 9.22. The van der Waals surface area contributed by atoms with Crippen molar-refractivity contribution < 1.29 is 28.1 Å². The largest absolute Gasteiger partial charge is 0.497 e. The van der Waals surface area contributed by atoms with Crippen LogP contribution in [0.4, 0.5) is 0 Å². The number of hydrogen-bond donors (Lipinski definition) is 2. The number of carbonyl (C=O) groups is 2. The molecular weight excluding hydrogens is 489 g/mol. The van der Waals surface area contributed by atoms with Gasteiger partial charge in [0.2, 0.25) is 12.1 Å². The Balaban J connectivity index is 1.68. The van der Waals surface area contributed by atoms with E-state index in [1.807, 2.05) is 12.1 Å². The number of nitrogens with two attached hydrogens (primary N) is 1. The van der Waals surface area contributed by atoms with Crippen LogP contribution in [0.25, 0.3) is 0 Å². The van der Waals surface area contributed by atoms with E-state index >= 15 is 0 Å². The number of sulfonamides is 1. The van der Waals surface area contributed by atoms with Crippen LogP contribution in [-0.2, 0) is 21.4 Å². The number of fused-ring (bicyclic) bond motifs is 1. The Kier molecular flexibility index (Phi) is 7.02. The molecule has 31 heavy (non-hydrogen) atoms. The second-order valence-corrected chi connectivity index (χ2v) is 10.9. The van der Waals surface area contributed by atoms with E-state index in [2.05, 4.69) is 5.32 Å². The third-order valence-electron chi connectivity index (χ3n) is 4.62. The van der Waals surface area contributed by atoms with Crippen molar-refractivity contribution in [1.82, 2.24) is 9.62 Å². The number of benzene rings is 2. The van der Waals surface area contributed by atoms with Crippen LogP contribution in [0.15, 0.2) is 53.4 Å². The standard InChI is InChI=1S/C19H18Cl3N3O5S/c1-30-13-8-6-12(7-9-13)10-23-18(19(20,21)22)24-16(26)11-25-17(27)14-4-2-3-5-15(14)31(25,28)29/h2-9,18,23H,10-11H2,1H3,(H,24,26)/p+1. The molecule has 0 bridgehead atoms. The van der Waals surface area contributed by atoms with E-state index in [-0.39, 0.29) is 10.5 Å². The summed E-state index contributed by atoms with van der Waals surface area (Å²) < 4.78 is 28.9. The lowest BCUT2D eigenvalue weighted by Gasteiger charge is -2.24. The third kappa shape index (κ3) is 5.24. The second-order valence-electron chi connectivity index (χ2n) is 6.69. The molecule has 12 heteroatoms. The van der Waals surface area contributed by atoms with E-state index in [1.54, 1.807) is 30.6 Å². The summed E-state index contributed by atoms with van der Waals surface area (Å²) in [6.45, 7) is -0.376. The highest BCUT2D eigenvalue weighted by Gasteiger charge is 2.43. The summed E-state index contributed by atoms with van der Waals surface area (Å²) in [7, 11) is -2.57. The Bertz CT molecular complexity index is 1090. The first-order valence-electron chi connectivity index (χ1n) is 9.02. The van der Waals surface area contributed by atoms with Crippen molar-refractivity contribution >= 4 is 56.6 Å². The van der Waals surface area contributed by atoms with Gasteiger partial charge in [-0.3, -0.25) is 9.59 Å². The molecule has 1 atom stereocenters. The maximum atomic E-state index is 12.6. The number of amides is 2. The van der Waals surface area contributed by atoms with Crippen LogP contribution in [0, 0.1) is 0 Å². The summed E-state index contributed by atoms with van der Waals surface area (Å²) in [6.07, 6.45) is -1.03. The predicted molar refractivity (Wildman–Crippen MR) is 116 cm³/mol. The topological polar surface area (TPSA) is 109 Å². The van der Waals surface area contributed by atoms with Gasteiger partial charge >= 0.3 is 0 Å². The van der Waals surface area contributed by atoms with Gasteiger partial charge in [0.15, 0.2) is 0 Å². The number of hydrogen-bond acceptors (Lipinski definition) is 5. The molecule has 0 saturated heterocycles. The number of alkyl halides is 3. The number of carbonyl (C=O) groups excluding carboxylic acids is 2. The molecule has 0 spiro atoms. The fraction of sp³-hybridized carbons (Fsp3) is 0.263. The van der Waals surface area contributed by atoms with Crippen molar-refractivity contribution in [3.63, 3.8) is 0 Å². The molecule has 0 aromatic heterocycles. The van der Waals surface area contributed by atoms with Gasteiger partial charge in [0.25, 0.3) is 19.7 Å².